The highest BCUT2D eigenvalue weighted by molar-refractivity contribution is 7.90. The van der Waals surface area contributed by atoms with E-state index in [0.29, 0.717) is 5.71 Å². The minimum atomic E-state index is -3.80. The van der Waals surface area contributed by atoms with Crippen molar-refractivity contribution in [3.8, 4) is 0 Å². The second kappa shape index (κ2) is 5.74. The Bertz CT molecular complexity index is 902. The summed E-state index contributed by atoms with van der Waals surface area (Å²) in [6, 6.07) is 6.21. The molecule has 23 heavy (non-hydrogen) atoms. The van der Waals surface area contributed by atoms with Gasteiger partial charge in [-0.3, -0.25) is 4.79 Å². The molecule has 1 aliphatic rings. The lowest BCUT2D eigenvalue weighted by molar-refractivity contribution is -0.364. The van der Waals surface area contributed by atoms with Crippen LogP contribution in [0.3, 0.4) is 0 Å². The monoisotopic (exact) mass is 351 g/mol. The summed E-state index contributed by atoms with van der Waals surface area (Å²) in [5, 5.41) is 6.79. The van der Waals surface area contributed by atoms with Gasteiger partial charge < -0.3 is 0 Å². The number of rotatable bonds is 4. The van der Waals surface area contributed by atoms with Gasteiger partial charge in [0.15, 0.2) is 0 Å². The number of thiazole rings is 1. The number of nitrogens with one attached hydrogen (secondary N) is 2. The molecule has 1 aromatic heterocycles. The van der Waals surface area contributed by atoms with E-state index in [-0.39, 0.29) is 17.0 Å². The first-order valence-electron chi connectivity index (χ1n) is 6.82. The van der Waals surface area contributed by atoms with Crippen LogP contribution >= 0.6 is 11.3 Å². The number of anilines is 1. The van der Waals surface area contributed by atoms with E-state index >= 15 is 0 Å². The highest BCUT2D eigenvalue weighted by atomic mass is 32.2. The number of aromatic nitrogens is 1. The summed E-state index contributed by atoms with van der Waals surface area (Å²) < 4.78 is 25.7. The van der Waals surface area contributed by atoms with Gasteiger partial charge in [-0.15, -0.1) is 5.43 Å². The molecule has 0 unspecified atom stereocenters. The first kappa shape index (κ1) is 15.6. The summed E-state index contributed by atoms with van der Waals surface area (Å²) in [5.74, 6) is -0.520. The molecule has 2 aromatic rings. The fourth-order valence-corrected chi connectivity index (χ4v) is 4.48. The third-order valence-corrected chi connectivity index (χ3v) is 5.98. The predicted octanol–water partition coefficient (Wildman–Crippen LogP) is 1.50. The molecular formula is C14H15N4O3S2+. The molecule has 2 heterocycles. The number of carbonyl (C=O) groups excluding carboxylic acids is 1. The van der Waals surface area contributed by atoms with Crippen molar-refractivity contribution in [1.29, 1.82) is 0 Å². The third kappa shape index (κ3) is 2.84. The number of hydrogen-bond donors (Lipinski definition) is 1. The Balaban J connectivity index is 1.79. The van der Waals surface area contributed by atoms with Crippen molar-refractivity contribution in [1.82, 2.24) is 4.31 Å². The van der Waals surface area contributed by atoms with E-state index in [1.54, 1.807) is 19.1 Å². The van der Waals surface area contributed by atoms with Gasteiger partial charge in [0.05, 0.1) is 17.8 Å². The molecule has 0 aliphatic carbocycles. The molecule has 0 saturated carbocycles. The first-order valence-corrected chi connectivity index (χ1v) is 9.14. The lowest BCUT2D eigenvalue weighted by atomic mass is 10.2. The van der Waals surface area contributed by atoms with Crippen LogP contribution in [0.4, 0.5) is 5.13 Å². The number of benzene rings is 1. The molecule has 120 valence electrons. The highest BCUT2D eigenvalue weighted by Gasteiger charge is 2.41. The number of fused-ring (bicyclic) bond motifs is 1. The largest absolute Gasteiger partial charge is 0.357 e. The molecule has 1 amide bonds. The maximum Gasteiger partial charge on any atom is 0.357 e. The lowest BCUT2D eigenvalue weighted by Crippen LogP contribution is -2.34. The number of amides is 1. The van der Waals surface area contributed by atoms with Gasteiger partial charge in [0.1, 0.15) is 10.6 Å². The minimum Gasteiger partial charge on any atom is -0.268 e. The summed E-state index contributed by atoms with van der Waals surface area (Å²) in [7, 11) is -3.80. The van der Waals surface area contributed by atoms with Gasteiger partial charge in [-0.1, -0.05) is 28.6 Å². The number of hydrazone groups is 1. The van der Waals surface area contributed by atoms with Crippen molar-refractivity contribution in [3.05, 3.63) is 40.9 Å². The molecule has 2 N–H and O–H groups in total. The quantitative estimate of drug-likeness (QED) is 0.667. The van der Waals surface area contributed by atoms with Crippen LogP contribution in [0.2, 0.25) is 0 Å². The second-order valence-electron chi connectivity index (χ2n) is 5.14. The minimum absolute atomic E-state index is 0.0491. The van der Waals surface area contributed by atoms with Gasteiger partial charge in [0, 0.05) is 5.38 Å². The van der Waals surface area contributed by atoms with E-state index in [9.17, 15) is 13.2 Å². The molecule has 0 spiro atoms. The van der Waals surface area contributed by atoms with Crippen LogP contribution < -0.4 is 10.4 Å². The van der Waals surface area contributed by atoms with E-state index in [4.69, 9.17) is 0 Å². The van der Waals surface area contributed by atoms with E-state index in [1.807, 2.05) is 12.3 Å². The lowest BCUT2D eigenvalue weighted by Gasteiger charge is -2.13. The maximum absolute atomic E-state index is 12.4. The van der Waals surface area contributed by atoms with Crippen LogP contribution in [0, 0.1) is 6.92 Å². The molecule has 9 heteroatoms. The van der Waals surface area contributed by atoms with Crippen molar-refractivity contribution in [2.75, 3.05) is 12.0 Å². The van der Waals surface area contributed by atoms with Gasteiger partial charge in [-0.2, -0.15) is 0 Å². The number of aromatic amines is 1. The summed E-state index contributed by atoms with van der Waals surface area (Å²) in [5.41, 5.74) is 4.50. The Morgan fingerprint density at radius 1 is 1.39 bits per heavy atom. The first-order chi connectivity index (χ1) is 10.9. The van der Waals surface area contributed by atoms with Crippen molar-refractivity contribution < 1.29 is 18.2 Å². The highest BCUT2D eigenvalue weighted by Crippen LogP contribution is 2.29. The van der Waals surface area contributed by atoms with Crippen molar-refractivity contribution in [2.24, 2.45) is 5.10 Å². The van der Waals surface area contributed by atoms with Gasteiger partial charge >= 0.3 is 5.13 Å². The van der Waals surface area contributed by atoms with Gasteiger partial charge in [0.25, 0.3) is 15.9 Å². The number of nitrogens with zero attached hydrogens (tertiary/aromatic N) is 2. The van der Waals surface area contributed by atoms with Crippen molar-refractivity contribution in [3.63, 3.8) is 0 Å². The molecule has 0 bridgehead atoms. The maximum atomic E-state index is 12.4. The Labute approximate surface area is 137 Å². The normalized spacial score (nSPS) is 16.5. The standard InChI is InChI=1S/C14H14N4O3S2/c1-9(16-17-14-15-10(2)8-22-14)7-18-13(19)11-5-3-4-6-12(11)23(18,20)21/h3-6,8H,7H2,1-2H3,(H,15,17)/p+1/b16-9+. The van der Waals surface area contributed by atoms with Crippen LogP contribution in [0.25, 0.3) is 0 Å². The van der Waals surface area contributed by atoms with E-state index in [2.05, 4.69) is 15.5 Å². The van der Waals surface area contributed by atoms with Gasteiger partial charge in [0.2, 0.25) is 0 Å². The molecule has 0 radical (unpaired) electrons. The Hall–Kier alpha value is -2.26. The van der Waals surface area contributed by atoms with E-state index < -0.39 is 15.9 Å². The average molecular weight is 351 g/mol. The summed E-state index contributed by atoms with van der Waals surface area (Å²) in [6.07, 6.45) is 0. The second-order valence-corrected chi connectivity index (χ2v) is 7.86. The molecule has 1 aliphatic heterocycles. The molecular weight excluding hydrogens is 336 g/mol. The zero-order chi connectivity index (χ0) is 16.6. The zero-order valence-electron chi connectivity index (χ0n) is 12.5. The molecule has 0 atom stereocenters. The number of H-pyrrole nitrogens is 1. The smallest absolute Gasteiger partial charge is 0.268 e. The third-order valence-electron chi connectivity index (χ3n) is 3.30. The predicted molar refractivity (Wildman–Crippen MR) is 87.0 cm³/mol. The van der Waals surface area contributed by atoms with E-state index in [0.717, 1.165) is 15.1 Å². The van der Waals surface area contributed by atoms with Crippen LogP contribution in [0.5, 0.6) is 0 Å². The number of hydrogen-bond acceptors (Lipinski definition) is 6. The van der Waals surface area contributed by atoms with Crippen LogP contribution in [0.1, 0.15) is 23.0 Å². The van der Waals surface area contributed by atoms with Crippen molar-refractivity contribution in [2.45, 2.75) is 18.7 Å². The Kier molecular flexibility index (Phi) is 3.90. The molecule has 1 aromatic carbocycles. The molecule has 0 fully saturated rings. The van der Waals surface area contributed by atoms with Crippen LogP contribution in [-0.4, -0.2) is 30.9 Å². The number of sulfonamides is 1. The molecule has 7 nitrogen and oxygen atoms in total. The summed E-state index contributed by atoms with van der Waals surface area (Å²) in [4.78, 5) is 15.4. The molecule has 3 rings (SSSR count). The Morgan fingerprint density at radius 3 is 2.78 bits per heavy atom. The summed E-state index contributed by atoms with van der Waals surface area (Å²) in [6.45, 7) is 3.50. The number of carbonyl (C=O) groups is 1. The topological polar surface area (TPSA) is 93.0 Å². The SMILES string of the molecule is C/C(CN1C(=O)c2ccccc2S1(=O)=O)=N\Nc1[nH+]c(C)cs1. The van der Waals surface area contributed by atoms with Gasteiger partial charge in [-0.05, 0) is 26.0 Å². The molecule has 0 saturated heterocycles. The summed E-state index contributed by atoms with van der Waals surface area (Å²) >= 11 is 1.45. The Morgan fingerprint density at radius 2 is 2.13 bits per heavy atom. The van der Waals surface area contributed by atoms with Crippen LogP contribution in [-0.2, 0) is 10.0 Å². The number of aryl methyl sites for hydroxylation is 1. The average Bonchev–Trinajstić information content (AvgIpc) is 3.02. The van der Waals surface area contributed by atoms with E-state index in [1.165, 1.54) is 23.5 Å². The van der Waals surface area contributed by atoms with Crippen molar-refractivity contribution >= 4 is 38.1 Å². The fraction of sp³-hybridized carbons (Fsp3) is 0.214. The van der Waals surface area contributed by atoms with Crippen LogP contribution in [0.15, 0.2) is 39.6 Å². The zero-order valence-corrected chi connectivity index (χ0v) is 14.2. The fourth-order valence-electron chi connectivity index (χ4n) is 2.22. The van der Waals surface area contributed by atoms with Gasteiger partial charge in [-0.25, -0.2) is 17.7 Å².